The van der Waals surface area contributed by atoms with Gasteiger partial charge in [-0.25, -0.2) is 9.59 Å². The Balaban J connectivity index is 1.82. The van der Waals surface area contributed by atoms with E-state index in [1.54, 1.807) is 24.3 Å². The van der Waals surface area contributed by atoms with Crippen LogP contribution in [-0.4, -0.2) is 31.6 Å². The summed E-state index contributed by atoms with van der Waals surface area (Å²) in [5.74, 6) is -1.27. The predicted molar refractivity (Wildman–Crippen MR) is 108 cm³/mol. The van der Waals surface area contributed by atoms with Crippen LogP contribution in [0.2, 0.25) is 0 Å². The van der Waals surface area contributed by atoms with Crippen LogP contribution in [0.25, 0.3) is 0 Å². The normalized spacial score (nSPS) is 10.4. The van der Waals surface area contributed by atoms with E-state index < -0.39 is 11.9 Å². The molecule has 0 atom stereocenters. The number of hydrogen-bond donors (Lipinski definition) is 1. The van der Waals surface area contributed by atoms with Crippen molar-refractivity contribution in [1.82, 2.24) is 5.32 Å². The molecule has 0 aliphatic carbocycles. The minimum Gasteiger partial charge on any atom is -0.465 e. The molecule has 1 heterocycles. The number of esters is 2. The van der Waals surface area contributed by atoms with Crippen molar-refractivity contribution in [2.45, 2.75) is 39.7 Å². The van der Waals surface area contributed by atoms with E-state index in [1.165, 1.54) is 28.9 Å². The van der Waals surface area contributed by atoms with Gasteiger partial charge in [0, 0.05) is 11.4 Å². The fourth-order valence-electron chi connectivity index (χ4n) is 2.64. The van der Waals surface area contributed by atoms with Crippen molar-refractivity contribution in [3.05, 3.63) is 56.8 Å². The average Bonchev–Trinajstić information content (AvgIpc) is 3.13. The van der Waals surface area contributed by atoms with E-state index in [1.807, 2.05) is 6.07 Å². The maximum atomic E-state index is 12.2. The second kappa shape index (κ2) is 10.6. The van der Waals surface area contributed by atoms with Gasteiger partial charge in [0.15, 0.2) is 6.61 Å². The van der Waals surface area contributed by atoms with Crippen LogP contribution in [0.5, 0.6) is 0 Å². The first-order chi connectivity index (χ1) is 13.5. The summed E-state index contributed by atoms with van der Waals surface area (Å²) < 4.78 is 9.77. The molecule has 0 unspecified atom stereocenters. The Morgan fingerprint density at radius 3 is 2.39 bits per heavy atom. The van der Waals surface area contributed by atoms with Crippen molar-refractivity contribution in [1.29, 1.82) is 0 Å². The third-order valence-corrected chi connectivity index (χ3v) is 5.37. The van der Waals surface area contributed by atoms with Crippen molar-refractivity contribution in [3.8, 4) is 0 Å². The molecule has 1 amide bonds. The lowest BCUT2D eigenvalue weighted by Crippen LogP contribution is -2.28. The van der Waals surface area contributed by atoms with E-state index in [0.29, 0.717) is 10.4 Å². The van der Waals surface area contributed by atoms with E-state index >= 15 is 0 Å². The van der Waals surface area contributed by atoms with E-state index in [0.717, 1.165) is 24.8 Å². The lowest BCUT2D eigenvalue weighted by atomic mass is 10.1. The number of methoxy groups -OCH3 is 1. The molecule has 150 valence electrons. The third-order valence-electron chi connectivity index (χ3n) is 4.15. The molecule has 0 bridgehead atoms. The van der Waals surface area contributed by atoms with Gasteiger partial charge in [0.2, 0.25) is 0 Å². The standard InChI is InChI=1S/C21H25NO5S/c1-4-6-17-15(5-2)11-18(28-17)21(25)27-13-19(23)22-12-14-7-9-16(10-8-14)20(24)26-3/h7-11H,4-6,12-13H2,1-3H3,(H,22,23). The maximum absolute atomic E-state index is 12.2. The maximum Gasteiger partial charge on any atom is 0.348 e. The first kappa shape index (κ1) is 21.6. The first-order valence-corrected chi connectivity index (χ1v) is 10.0. The zero-order valence-corrected chi connectivity index (χ0v) is 17.2. The van der Waals surface area contributed by atoms with Gasteiger partial charge in [-0.05, 0) is 42.2 Å². The van der Waals surface area contributed by atoms with Gasteiger partial charge in [-0.15, -0.1) is 11.3 Å². The Bertz CT molecular complexity index is 826. The zero-order chi connectivity index (χ0) is 20.5. The van der Waals surface area contributed by atoms with E-state index in [4.69, 9.17) is 4.74 Å². The highest BCUT2D eigenvalue weighted by molar-refractivity contribution is 7.14. The number of hydrogen-bond acceptors (Lipinski definition) is 6. The summed E-state index contributed by atoms with van der Waals surface area (Å²) in [6, 6.07) is 8.57. The van der Waals surface area contributed by atoms with Gasteiger partial charge in [0.1, 0.15) is 4.88 Å². The van der Waals surface area contributed by atoms with Crippen LogP contribution in [0.15, 0.2) is 30.3 Å². The molecule has 1 aromatic heterocycles. The molecule has 0 spiro atoms. The summed E-state index contributed by atoms with van der Waals surface area (Å²) in [7, 11) is 1.32. The van der Waals surface area contributed by atoms with Crippen molar-refractivity contribution >= 4 is 29.2 Å². The first-order valence-electron chi connectivity index (χ1n) is 9.21. The van der Waals surface area contributed by atoms with Gasteiger partial charge in [0.25, 0.3) is 5.91 Å². The van der Waals surface area contributed by atoms with E-state index in [-0.39, 0.29) is 19.1 Å². The van der Waals surface area contributed by atoms with Crippen LogP contribution in [0.4, 0.5) is 0 Å². The Hall–Kier alpha value is -2.67. The molecule has 28 heavy (non-hydrogen) atoms. The number of amides is 1. The molecule has 7 heteroatoms. The highest BCUT2D eigenvalue weighted by Crippen LogP contribution is 2.25. The summed E-state index contributed by atoms with van der Waals surface area (Å²) in [6.07, 6.45) is 2.83. The third kappa shape index (κ3) is 5.92. The fraction of sp³-hybridized carbons (Fsp3) is 0.381. The topological polar surface area (TPSA) is 81.7 Å². The molecule has 0 saturated carbocycles. The molecule has 1 N–H and O–H groups in total. The summed E-state index contributed by atoms with van der Waals surface area (Å²) in [4.78, 5) is 37.3. The minimum absolute atomic E-state index is 0.275. The lowest BCUT2D eigenvalue weighted by molar-refractivity contribution is -0.124. The number of carbonyl (C=O) groups is 3. The lowest BCUT2D eigenvalue weighted by Gasteiger charge is -2.07. The quantitative estimate of drug-likeness (QED) is 0.648. The van der Waals surface area contributed by atoms with Crippen LogP contribution >= 0.6 is 11.3 Å². The van der Waals surface area contributed by atoms with Crippen LogP contribution in [0.1, 0.15) is 56.3 Å². The Kier molecular flexibility index (Phi) is 8.19. The SMILES string of the molecule is CCCc1sc(C(=O)OCC(=O)NCc2ccc(C(=O)OC)cc2)cc1CC. The van der Waals surface area contributed by atoms with Gasteiger partial charge < -0.3 is 14.8 Å². The molecule has 0 aliphatic rings. The van der Waals surface area contributed by atoms with Gasteiger partial charge in [-0.3, -0.25) is 4.79 Å². The van der Waals surface area contributed by atoms with Gasteiger partial charge in [-0.1, -0.05) is 32.4 Å². The van der Waals surface area contributed by atoms with Crippen LogP contribution < -0.4 is 5.32 Å². The summed E-state index contributed by atoms with van der Waals surface area (Å²) in [6.45, 7) is 4.10. The average molecular weight is 404 g/mol. The highest BCUT2D eigenvalue weighted by atomic mass is 32.1. The molecule has 0 saturated heterocycles. The van der Waals surface area contributed by atoms with Crippen molar-refractivity contribution in [3.63, 3.8) is 0 Å². The number of ether oxygens (including phenoxy) is 2. The number of nitrogens with one attached hydrogen (secondary N) is 1. The Labute approximate surface area is 168 Å². The largest absolute Gasteiger partial charge is 0.465 e. The zero-order valence-electron chi connectivity index (χ0n) is 16.4. The second-order valence-electron chi connectivity index (χ2n) is 6.20. The van der Waals surface area contributed by atoms with Crippen molar-refractivity contribution < 1.29 is 23.9 Å². The molecule has 0 fully saturated rings. The molecular weight excluding hydrogens is 378 g/mol. The predicted octanol–water partition coefficient (Wildman–Crippen LogP) is 3.52. The van der Waals surface area contributed by atoms with Crippen LogP contribution in [0, 0.1) is 0 Å². The molecule has 2 aromatic rings. The summed E-state index contributed by atoms with van der Waals surface area (Å²) in [5.41, 5.74) is 2.43. The van der Waals surface area contributed by atoms with Gasteiger partial charge in [-0.2, -0.15) is 0 Å². The minimum atomic E-state index is -0.473. The molecule has 6 nitrogen and oxygen atoms in total. The molecular formula is C21H25NO5S. The number of thiophene rings is 1. The van der Waals surface area contributed by atoms with Gasteiger partial charge in [0.05, 0.1) is 12.7 Å². The summed E-state index contributed by atoms with van der Waals surface area (Å²) in [5, 5.41) is 2.69. The monoisotopic (exact) mass is 403 g/mol. The number of carbonyl (C=O) groups excluding carboxylic acids is 3. The van der Waals surface area contributed by atoms with Crippen LogP contribution in [-0.2, 0) is 33.7 Å². The molecule has 0 aliphatic heterocycles. The van der Waals surface area contributed by atoms with E-state index in [2.05, 4.69) is 23.9 Å². The number of rotatable bonds is 9. The molecule has 0 radical (unpaired) electrons. The highest BCUT2D eigenvalue weighted by Gasteiger charge is 2.16. The Morgan fingerprint density at radius 1 is 1.07 bits per heavy atom. The number of benzene rings is 1. The molecule has 2 rings (SSSR count). The second-order valence-corrected chi connectivity index (χ2v) is 7.34. The van der Waals surface area contributed by atoms with Crippen molar-refractivity contribution in [2.75, 3.05) is 13.7 Å². The fourth-order valence-corrected chi connectivity index (χ4v) is 3.88. The molecule has 1 aromatic carbocycles. The Morgan fingerprint density at radius 2 is 1.79 bits per heavy atom. The summed E-state index contributed by atoms with van der Waals surface area (Å²) >= 11 is 1.44. The van der Waals surface area contributed by atoms with Crippen LogP contribution in [0.3, 0.4) is 0 Å². The van der Waals surface area contributed by atoms with E-state index in [9.17, 15) is 14.4 Å². The number of aryl methyl sites for hydroxylation is 2. The van der Waals surface area contributed by atoms with Crippen molar-refractivity contribution in [2.24, 2.45) is 0 Å². The van der Waals surface area contributed by atoms with Gasteiger partial charge >= 0.3 is 11.9 Å². The smallest absolute Gasteiger partial charge is 0.348 e.